The Morgan fingerprint density at radius 2 is 1.79 bits per heavy atom. The molecule has 1 saturated carbocycles. The zero-order valence-corrected chi connectivity index (χ0v) is 20.6. The van der Waals surface area contributed by atoms with Crippen molar-refractivity contribution in [2.24, 2.45) is 0 Å². The third-order valence-corrected chi connectivity index (χ3v) is 6.13. The lowest BCUT2D eigenvalue weighted by atomic mass is 10.1. The van der Waals surface area contributed by atoms with Crippen LogP contribution in [0.2, 0.25) is 0 Å². The van der Waals surface area contributed by atoms with Gasteiger partial charge in [-0.25, -0.2) is 0 Å². The summed E-state index contributed by atoms with van der Waals surface area (Å²) in [6, 6.07) is 12.7. The Morgan fingerprint density at radius 3 is 2.39 bits per heavy atom. The Bertz CT molecular complexity index is 1320. The van der Waals surface area contributed by atoms with E-state index in [4.69, 9.17) is 9.47 Å². The van der Waals surface area contributed by atoms with Gasteiger partial charge in [0.2, 0.25) is 5.91 Å². The molecule has 0 spiro atoms. The largest absolute Gasteiger partial charge is 0.497 e. The topological polar surface area (TPSA) is 110 Å². The van der Waals surface area contributed by atoms with Crippen LogP contribution in [0, 0.1) is 0 Å². The summed E-state index contributed by atoms with van der Waals surface area (Å²) in [6.45, 7) is 1.52. The molecule has 1 heterocycles. The second-order valence-electron chi connectivity index (χ2n) is 8.98. The maximum Gasteiger partial charge on any atom is 0.419 e. The molecule has 200 valence electrons. The van der Waals surface area contributed by atoms with Gasteiger partial charge in [0.1, 0.15) is 28.5 Å². The van der Waals surface area contributed by atoms with Crippen LogP contribution in [-0.4, -0.2) is 34.6 Å². The maximum atomic E-state index is 13.5. The van der Waals surface area contributed by atoms with Crippen LogP contribution in [0.15, 0.2) is 60.8 Å². The number of carbonyl (C=O) groups excluding carboxylic acids is 2. The zero-order chi connectivity index (χ0) is 27.5. The highest BCUT2D eigenvalue weighted by Gasteiger charge is 2.51. The number of benzene rings is 2. The fourth-order valence-corrected chi connectivity index (χ4v) is 3.75. The second kappa shape index (κ2) is 10.7. The summed E-state index contributed by atoms with van der Waals surface area (Å²) in [5.41, 5.74) is -1.07. The van der Waals surface area contributed by atoms with E-state index in [1.54, 1.807) is 18.2 Å². The summed E-state index contributed by atoms with van der Waals surface area (Å²) in [5, 5.41) is 15.1. The minimum atomic E-state index is -4.67. The number of alkyl halides is 3. The molecule has 0 radical (unpaired) electrons. The first-order valence-corrected chi connectivity index (χ1v) is 11.8. The lowest BCUT2D eigenvalue weighted by Gasteiger charge is -2.18. The number of hydrogen-bond donors (Lipinski definition) is 3. The average Bonchev–Trinajstić information content (AvgIpc) is 3.68. The quantitative estimate of drug-likeness (QED) is 0.376. The summed E-state index contributed by atoms with van der Waals surface area (Å²) in [6.07, 6.45) is -3.31. The van der Waals surface area contributed by atoms with Crippen molar-refractivity contribution in [3.63, 3.8) is 0 Å². The molecule has 3 aromatic rings. The number of ether oxygens (including phenoxy) is 2. The molecule has 11 heteroatoms. The first-order chi connectivity index (χ1) is 18.0. The van der Waals surface area contributed by atoms with E-state index in [1.807, 2.05) is 0 Å². The Labute approximate surface area is 216 Å². The number of hydrogen-bond acceptors (Lipinski definition) is 6. The van der Waals surface area contributed by atoms with E-state index < -0.39 is 29.3 Å². The van der Waals surface area contributed by atoms with Crippen LogP contribution in [-0.2, 0) is 17.5 Å². The molecule has 0 saturated heterocycles. The number of aromatic nitrogens is 1. The molecule has 3 N–H and O–H groups in total. The molecule has 1 atom stereocenters. The number of pyridine rings is 1. The van der Waals surface area contributed by atoms with Crippen molar-refractivity contribution >= 4 is 11.8 Å². The van der Waals surface area contributed by atoms with Crippen molar-refractivity contribution < 1.29 is 37.3 Å². The van der Waals surface area contributed by atoms with E-state index in [0.717, 1.165) is 6.07 Å². The maximum absolute atomic E-state index is 13.5. The lowest BCUT2D eigenvalue weighted by Crippen LogP contribution is -2.48. The Morgan fingerprint density at radius 1 is 1.08 bits per heavy atom. The Kier molecular flexibility index (Phi) is 7.58. The van der Waals surface area contributed by atoms with Gasteiger partial charge in [-0.1, -0.05) is 18.2 Å². The summed E-state index contributed by atoms with van der Waals surface area (Å²) in [4.78, 5) is 29.4. The van der Waals surface area contributed by atoms with Crippen molar-refractivity contribution in [1.82, 2.24) is 15.6 Å². The molecule has 38 heavy (non-hydrogen) atoms. The predicted molar refractivity (Wildman–Crippen MR) is 131 cm³/mol. The third-order valence-electron chi connectivity index (χ3n) is 6.13. The SMILES string of the molecule is COc1ccnc(C(=O)NC2(C(=O)NCc3ccc(Oc4ccc(C(C)O)cc4C(F)(F)F)cc3)CC2)c1. The predicted octanol–water partition coefficient (Wildman–Crippen LogP) is 4.53. The van der Waals surface area contributed by atoms with Gasteiger partial charge in [-0.15, -0.1) is 0 Å². The van der Waals surface area contributed by atoms with Gasteiger partial charge in [0.15, 0.2) is 0 Å². The smallest absolute Gasteiger partial charge is 0.419 e. The summed E-state index contributed by atoms with van der Waals surface area (Å²) in [7, 11) is 1.47. The molecule has 0 aliphatic heterocycles. The molecule has 1 fully saturated rings. The second-order valence-corrected chi connectivity index (χ2v) is 8.98. The van der Waals surface area contributed by atoms with E-state index in [-0.39, 0.29) is 35.2 Å². The van der Waals surface area contributed by atoms with Gasteiger partial charge in [0.05, 0.1) is 18.8 Å². The number of nitrogens with one attached hydrogen (secondary N) is 2. The molecule has 4 rings (SSSR count). The van der Waals surface area contributed by atoms with Crippen molar-refractivity contribution in [2.75, 3.05) is 7.11 Å². The van der Waals surface area contributed by atoms with Gasteiger partial charge < -0.3 is 25.2 Å². The van der Waals surface area contributed by atoms with Crippen LogP contribution in [0.5, 0.6) is 17.2 Å². The van der Waals surface area contributed by atoms with Crippen LogP contribution in [0.1, 0.15) is 53.0 Å². The fourth-order valence-electron chi connectivity index (χ4n) is 3.75. The minimum Gasteiger partial charge on any atom is -0.497 e. The number of carbonyl (C=O) groups is 2. The monoisotopic (exact) mass is 529 g/mol. The van der Waals surface area contributed by atoms with Crippen molar-refractivity contribution in [1.29, 1.82) is 0 Å². The minimum absolute atomic E-state index is 0.125. The normalized spacial score (nSPS) is 14.8. The summed E-state index contributed by atoms with van der Waals surface area (Å²) >= 11 is 0. The van der Waals surface area contributed by atoms with Crippen LogP contribution in [0.25, 0.3) is 0 Å². The number of aliphatic hydroxyl groups excluding tert-OH is 1. The Balaban J connectivity index is 1.36. The van der Waals surface area contributed by atoms with Gasteiger partial charge >= 0.3 is 6.18 Å². The summed E-state index contributed by atoms with van der Waals surface area (Å²) in [5.74, 6) is -0.579. The first kappa shape index (κ1) is 26.9. The van der Waals surface area contributed by atoms with E-state index in [9.17, 15) is 27.9 Å². The number of halogens is 3. The number of aliphatic hydroxyl groups is 1. The van der Waals surface area contributed by atoms with Crippen molar-refractivity contribution in [3.8, 4) is 17.2 Å². The van der Waals surface area contributed by atoms with Crippen LogP contribution < -0.4 is 20.1 Å². The molecule has 1 aliphatic rings. The molecule has 2 amide bonds. The van der Waals surface area contributed by atoms with Gasteiger partial charge in [0.25, 0.3) is 5.91 Å². The number of amides is 2. The molecule has 0 bridgehead atoms. The van der Waals surface area contributed by atoms with Crippen LogP contribution in [0.3, 0.4) is 0 Å². The standard InChI is InChI=1S/C27H26F3N3O5/c1-16(34)18-5-8-23(21(13-18)27(28,29)30)38-19-6-3-17(4-7-19)15-32-25(36)26(10-11-26)33-24(35)22-14-20(37-2)9-12-31-22/h3-9,12-14,16,34H,10-11,15H2,1-2H3,(H,32,36)(H,33,35). The van der Waals surface area contributed by atoms with E-state index in [1.165, 1.54) is 50.6 Å². The number of methoxy groups -OCH3 is 1. The van der Waals surface area contributed by atoms with E-state index >= 15 is 0 Å². The highest BCUT2D eigenvalue weighted by atomic mass is 19.4. The van der Waals surface area contributed by atoms with Gasteiger partial charge in [0, 0.05) is 18.8 Å². The van der Waals surface area contributed by atoms with E-state index in [0.29, 0.717) is 24.2 Å². The molecule has 1 aliphatic carbocycles. The fraction of sp³-hybridized carbons (Fsp3) is 0.296. The Hall–Kier alpha value is -4.12. The third kappa shape index (κ3) is 6.23. The number of nitrogens with zero attached hydrogens (tertiary/aromatic N) is 1. The molecular weight excluding hydrogens is 503 g/mol. The highest BCUT2D eigenvalue weighted by Crippen LogP contribution is 2.40. The van der Waals surface area contributed by atoms with Crippen molar-refractivity contribution in [3.05, 3.63) is 83.2 Å². The lowest BCUT2D eigenvalue weighted by molar-refractivity contribution is -0.138. The van der Waals surface area contributed by atoms with Crippen LogP contribution >= 0.6 is 0 Å². The van der Waals surface area contributed by atoms with Crippen molar-refractivity contribution in [2.45, 2.75) is 44.1 Å². The van der Waals surface area contributed by atoms with Crippen LogP contribution in [0.4, 0.5) is 13.2 Å². The van der Waals surface area contributed by atoms with Gasteiger partial charge in [-0.05, 0) is 61.2 Å². The molecule has 1 aromatic heterocycles. The number of rotatable bonds is 9. The average molecular weight is 530 g/mol. The molecule has 1 unspecified atom stereocenters. The van der Waals surface area contributed by atoms with E-state index in [2.05, 4.69) is 15.6 Å². The van der Waals surface area contributed by atoms with Gasteiger partial charge in [-0.2, -0.15) is 13.2 Å². The molecule has 8 nitrogen and oxygen atoms in total. The summed E-state index contributed by atoms with van der Waals surface area (Å²) < 4.78 is 51.1. The van der Waals surface area contributed by atoms with Gasteiger partial charge in [-0.3, -0.25) is 14.6 Å². The molecule has 2 aromatic carbocycles. The highest BCUT2D eigenvalue weighted by molar-refractivity contribution is 5.99. The molecular formula is C27H26F3N3O5. The first-order valence-electron chi connectivity index (χ1n) is 11.8. The zero-order valence-electron chi connectivity index (χ0n) is 20.6.